The maximum absolute atomic E-state index is 12.1. The van der Waals surface area contributed by atoms with Gasteiger partial charge in [-0.1, -0.05) is 23.7 Å². The van der Waals surface area contributed by atoms with E-state index in [1.165, 1.54) is 11.0 Å². The van der Waals surface area contributed by atoms with Gasteiger partial charge >= 0.3 is 0 Å². The lowest BCUT2D eigenvalue weighted by molar-refractivity contribution is -0.118. The van der Waals surface area contributed by atoms with E-state index in [0.29, 0.717) is 16.5 Å². The first-order valence-electron chi connectivity index (χ1n) is 7.14. The molecule has 0 aliphatic heterocycles. The number of amides is 1. The van der Waals surface area contributed by atoms with Crippen molar-refractivity contribution in [1.82, 2.24) is 20.2 Å². The molecule has 0 bridgehead atoms. The van der Waals surface area contributed by atoms with Crippen LogP contribution in [0, 0.1) is 6.92 Å². The van der Waals surface area contributed by atoms with E-state index in [0.717, 1.165) is 11.3 Å². The van der Waals surface area contributed by atoms with E-state index in [2.05, 4.69) is 20.8 Å². The fourth-order valence-corrected chi connectivity index (χ4v) is 2.35. The molecule has 1 aromatic heterocycles. The van der Waals surface area contributed by atoms with E-state index < -0.39 is 0 Å². The molecule has 1 amide bonds. The molecule has 0 unspecified atom stereocenters. The zero-order valence-electron chi connectivity index (χ0n) is 12.8. The third-order valence-corrected chi connectivity index (χ3v) is 3.58. The van der Waals surface area contributed by atoms with Gasteiger partial charge in [-0.05, 0) is 53.2 Å². The molecule has 0 aliphatic carbocycles. The lowest BCUT2D eigenvalue weighted by Gasteiger charge is -2.12. The summed E-state index contributed by atoms with van der Waals surface area (Å²) in [6, 6.07) is 12.4. The summed E-state index contributed by atoms with van der Waals surface area (Å²) in [5.74, 6) is 0.267. The molecule has 3 aromatic rings. The van der Waals surface area contributed by atoms with Gasteiger partial charge in [-0.3, -0.25) is 4.79 Å². The highest BCUT2D eigenvalue weighted by molar-refractivity contribution is 6.30. The molecule has 8 heteroatoms. The fraction of sp³-hybridized carbons (Fsp3) is 0.125. The van der Waals surface area contributed by atoms with Gasteiger partial charge < -0.3 is 10.1 Å². The lowest BCUT2D eigenvalue weighted by atomic mass is 10.1. The van der Waals surface area contributed by atoms with Crippen molar-refractivity contribution in [3.05, 3.63) is 59.4 Å². The first kappa shape index (κ1) is 15.9. The Morgan fingerprint density at radius 2 is 2.12 bits per heavy atom. The van der Waals surface area contributed by atoms with Crippen LogP contribution in [0.15, 0.2) is 48.8 Å². The Morgan fingerprint density at radius 3 is 2.88 bits per heavy atom. The van der Waals surface area contributed by atoms with Crippen molar-refractivity contribution in [1.29, 1.82) is 0 Å². The van der Waals surface area contributed by atoms with E-state index >= 15 is 0 Å². The highest BCUT2D eigenvalue weighted by Gasteiger charge is 2.10. The number of halogens is 1. The van der Waals surface area contributed by atoms with Crippen LogP contribution in [0.1, 0.15) is 5.56 Å². The van der Waals surface area contributed by atoms with Gasteiger partial charge in [0.2, 0.25) is 0 Å². The van der Waals surface area contributed by atoms with Crippen LogP contribution >= 0.6 is 11.6 Å². The number of hydrogen-bond acceptors (Lipinski definition) is 5. The molecule has 0 atom stereocenters. The minimum absolute atomic E-state index is 0.116. The van der Waals surface area contributed by atoms with Crippen molar-refractivity contribution in [2.75, 3.05) is 11.9 Å². The number of carbonyl (C=O) groups excluding carboxylic acids is 1. The molecule has 1 N–H and O–H groups in total. The Kier molecular flexibility index (Phi) is 4.72. The smallest absolute Gasteiger partial charge is 0.262 e. The Balaban J connectivity index is 1.67. The molecule has 0 spiro atoms. The number of carbonyl (C=O) groups is 1. The van der Waals surface area contributed by atoms with Crippen LogP contribution in [-0.2, 0) is 4.79 Å². The normalized spacial score (nSPS) is 10.4. The molecular formula is C16H14ClN5O2. The van der Waals surface area contributed by atoms with E-state index in [1.54, 1.807) is 30.3 Å². The van der Waals surface area contributed by atoms with Crippen LogP contribution in [0.25, 0.3) is 5.69 Å². The zero-order valence-corrected chi connectivity index (χ0v) is 13.6. The number of benzene rings is 2. The van der Waals surface area contributed by atoms with E-state index in [9.17, 15) is 4.79 Å². The SMILES string of the molecule is Cc1c(NC(=O)COc2cccc(Cl)c2)cccc1-n1cnnn1. The summed E-state index contributed by atoms with van der Waals surface area (Å²) in [6.07, 6.45) is 1.50. The minimum atomic E-state index is -0.271. The maximum Gasteiger partial charge on any atom is 0.262 e. The van der Waals surface area contributed by atoms with Gasteiger partial charge in [0.1, 0.15) is 12.1 Å². The number of tetrazole rings is 1. The highest BCUT2D eigenvalue weighted by Crippen LogP contribution is 2.21. The van der Waals surface area contributed by atoms with Crippen molar-refractivity contribution < 1.29 is 9.53 Å². The second-order valence-electron chi connectivity index (χ2n) is 5.00. The van der Waals surface area contributed by atoms with Gasteiger partial charge in [0.05, 0.1) is 5.69 Å². The number of ether oxygens (including phenoxy) is 1. The molecule has 0 saturated heterocycles. The van der Waals surface area contributed by atoms with E-state index in [1.807, 2.05) is 19.1 Å². The van der Waals surface area contributed by atoms with Gasteiger partial charge in [-0.2, -0.15) is 0 Å². The number of anilines is 1. The van der Waals surface area contributed by atoms with Crippen LogP contribution in [0.3, 0.4) is 0 Å². The average Bonchev–Trinajstić information content (AvgIpc) is 3.09. The second kappa shape index (κ2) is 7.10. The molecule has 2 aromatic carbocycles. The highest BCUT2D eigenvalue weighted by atomic mass is 35.5. The molecule has 0 aliphatic rings. The van der Waals surface area contributed by atoms with Crippen LogP contribution in [0.5, 0.6) is 5.75 Å². The molecule has 1 heterocycles. The fourth-order valence-electron chi connectivity index (χ4n) is 2.17. The van der Waals surface area contributed by atoms with Crippen molar-refractivity contribution in [3.63, 3.8) is 0 Å². The number of nitrogens with zero attached hydrogens (tertiary/aromatic N) is 4. The molecule has 24 heavy (non-hydrogen) atoms. The van der Waals surface area contributed by atoms with E-state index in [4.69, 9.17) is 16.3 Å². The monoisotopic (exact) mass is 343 g/mol. The summed E-state index contributed by atoms with van der Waals surface area (Å²) in [5.41, 5.74) is 2.30. The van der Waals surface area contributed by atoms with Crippen molar-refractivity contribution in [3.8, 4) is 11.4 Å². The van der Waals surface area contributed by atoms with Crippen LogP contribution in [-0.4, -0.2) is 32.7 Å². The third-order valence-electron chi connectivity index (χ3n) is 3.34. The van der Waals surface area contributed by atoms with Crippen molar-refractivity contribution >= 4 is 23.2 Å². The van der Waals surface area contributed by atoms with Crippen LogP contribution < -0.4 is 10.1 Å². The molecular weight excluding hydrogens is 330 g/mol. The predicted molar refractivity (Wildman–Crippen MR) is 89.5 cm³/mol. The van der Waals surface area contributed by atoms with Crippen molar-refractivity contribution in [2.24, 2.45) is 0 Å². The van der Waals surface area contributed by atoms with Gasteiger partial charge in [0.25, 0.3) is 5.91 Å². The molecule has 7 nitrogen and oxygen atoms in total. The summed E-state index contributed by atoms with van der Waals surface area (Å²) in [4.78, 5) is 12.1. The summed E-state index contributed by atoms with van der Waals surface area (Å²) in [5, 5.41) is 14.5. The number of nitrogens with one attached hydrogen (secondary N) is 1. The Bertz CT molecular complexity index is 851. The zero-order chi connectivity index (χ0) is 16.9. The first-order valence-corrected chi connectivity index (χ1v) is 7.52. The van der Waals surface area contributed by atoms with Gasteiger partial charge in [-0.25, -0.2) is 4.68 Å². The van der Waals surface area contributed by atoms with E-state index in [-0.39, 0.29) is 12.5 Å². The Hall–Kier alpha value is -2.93. The largest absolute Gasteiger partial charge is 0.484 e. The van der Waals surface area contributed by atoms with Gasteiger partial charge in [0.15, 0.2) is 6.61 Å². The summed E-state index contributed by atoms with van der Waals surface area (Å²) in [7, 11) is 0. The summed E-state index contributed by atoms with van der Waals surface area (Å²) in [6.45, 7) is 1.76. The van der Waals surface area contributed by atoms with Crippen LogP contribution in [0.4, 0.5) is 5.69 Å². The number of hydrogen-bond donors (Lipinski definition) is 1. The molecule has 0 saturated carbocycles. The quantitative estimate of drug-likeness (QED) is 0.770. The standard InChI is InChI=1S/C16H14ClN5O2/c1-11-14(6-3-7-15(11)22-10-18-20-21-22)19-16(23)9-24-13-5-2-4-12(17)8-13/h2-8,10H,9H2,1H3,(H,19,23). The number of rotatable bonds is 5. The van der Waals surface area contributed by atoms with Crippen molar-refractivity contribution in [2.45, 2.75) is 6.92 Å². The van der Waals surface area contributed by atoms with Gasteiger partial charge in [-0.15, -0.1) is 5.10 Å². The third kappa shape index (κ3) is 3.69. The topological polar surface area (TPSA) is 81.9 Å². The lowest BCUT2D eigenvalue weighted by Crippen LogP contribution is -2.21. The molecule has 0 fully saturated rings. The maximum atomic E-state index is 12.1. The Morgan fingerprint density at radius 1 is 1.29 bits per heavy atom. The minimum Gasteiger partial charge on any atom is -0.484 e. The number of aromatic nitrogens is 4. The Labute approximate surface area is 143 Å². The summed E-state index contributed by atoms with van der Waals surface area (Å²) >= 11 is 5.88. The summed E-state index contributed by atoms with van der Waals surface area (Å²) < 4.78 is 6.96. The first-order chi connectivity index (χ1) is 11.6. The molecule has 3 rings (SSSR count). The van der Waals surface area contributed by atoms with Gasteiger partial charge in [0, 0.05) is 10.7 Å². The second-order valence-corrected chi connectivity index (χ2v) is 5.43. The molecule has 0 radical (unpaired) electrons. The average molecular weight is 344 g/mol. The predicted octanol–water partition coefficient (Wildman–Crippen LogP) is 2.64. The van der Waals surface area contributed by atoms with Crippen LogP contribution in [0.2, 0.25) is 5.02 Å². The molecule has 122 valence electrons.